The Bertz CT molecular complexity index is 347. The first-order valence-electron chi connectivity index (χ1n) is 5.08. The number of hydrogen-bond acceptors (Lipinski definition) is 3. The second-order valence-corrected chi connectivity index (χ2v) is 3.89. The zero-order valence-corrected chi connectivity index (χ0v) is 10.7. The normalized spacial score (nSPS) is 10.5. The summed E-state index contributed by atoms with van der Waals surface area (Å²) < 4.78 is 24.4. The van der Waals surface area contributed by atoms with E-state index in [0.29, 0.717) is 24.3 Å². The van der Waals surface area contributed by atoms with Crippen LogP contribution in [0.3, 0.4) is 0 Å². The Balaban J connectivity index is 2.64. The standard InChI is InChI=1S/C11H15BrFNO2/c1-2-15-5-6-16-9-4-3-8(7-14)10(12)11(9)13/h3-4H,2,5-7,14H2,1H3. The number of benzene rings is 1. The summed E-state index contributed by atoms with van der Waals surface area (Å²) in [5, 5.41) is 0. The lowest BCUT2D eigenvalue weighted by molar-refractivity contribution is 0.108. The molecule has 0 aliphatic rings. The van der Waals surface area contributed by atoms with E-state index >= 15 is 0 Å². The molecule has 3 nitrogen and oxygen atoms in total. The van der Waals surface area contributed by atoms with Crippen molar-refractivity contribution in [2.24, 2.45) is 5.73 Å². The van der Waals surface area contributed by atoms with E-state index in [1.54, 1.807) is 12.1 Å². The van der Waals surface area contributed by atoms with Gasteiger partial charge >= 0.3 is 0 Å². The molecule has 0 radical (unpaired) electrons. The van der Waals surface area contributed by atoms with Crippen LogP contribution in [0.15, 0.2) is 16.6 Å². The van der Waals surface area contributed by atoms with Gasteiger partial charge in [-0.05, 0) is 34.5 Å². The van der Waals surface area contributed by atoms with E-state index in [1.807, 2.05) is 6.92 Å². The molecule has 90 valence electrons. The number of ether oxygens (including phenoxy) is 2. The summed E-state index contributed by atoms with van der Waals surface area (Å²) in [6.07, 6.45) is 0. The molecule has 5 heteroatoms. The minimum Gasteiger partial charge on any atom is -0.488 e. The molecule has 0 fully saturated rings. The molecule has 0 amide bonds. The minimum absolute atomic E-state index is 0.212. The van der Waals surface area contributed by atoms with Gasteiger partial charge in [-0.1, -0.05) is 6.07 Å². The van der Waals surface area contributed by atoms with Crippen molar-refractivity contribution in [1.82, 2.24) is 0 Å². The SMILES string of the molecule is CCOCCOc1ccc(CN)c(Br)c1F. The second-order valence-electron chi connectivity index (χ2n) is 3.10. The molecule has 1 aromatic carbocycles. The van der Waals surface area contributed by atoms with Crippen LogP contribution in [-0.2, 0) is 11.3 Å². The lowest BCUT2D eigenvalue weighted by atomic mass is 10.2. The summed E-state index contributed by atoms with van der Waals surface area (Å²) >= 11 is 3.15. The van der Waals surface area contributed by atoms with Crippen molar-refractivity contribution in [2.75, 3.05) is 19.8 Å². The fourth-order valence-electron chi connectivity index (χ4n) is 1.20. The van der Waals surface area contributed by atoms with E-state index in [2.05, 4.69) is 15.9 Å². The van der Waals surface area contributed by atoms with Crippen molar-refractivity contribution in [2.45, 2.75) is 13.5 Å². The Labute approximate surface area is 103 Å². The van der Waals surface area contributed by atoms with Gasteiger partial charge in [0.1, 0.15) is 6.61 Å². The zero-order valence-electron chi connectivity index (χ0n) is 9.13. The molecule has 0 aliphatic heterocycles. The molecule has 0 spiro atoms. The smallest absolute Gasteiger partial charge is 0.179 e. The van der Waals surface area contributed by atoms with Crippen molar-refractivity contribution in [3.63, 3.8) is 0 Å². The highest BCUT2D eigenvalue weighted by Crippen LogP contribution is 2.28. The van der Waals surface area contributed by atoms with Crippen molar-refractivity contribution in [1.29, 1.82) is 0 Å². The lowest BCUT2D eigenvalue weighted by Crippen LogP contribution is -2.08. The fourth-order valence-corrected chi connectivity index (χ4v) is 1.69. The van der Waals surface area contributed by atoms with Crippen molar-refractivity contribution < 1.29 is 13.9 Å². The summed E-state index contributed by atoms with van der Waals surface area (Å²) in [4.78, 5) is 0. The van der Waals surface area contributed by atoms with Crippen molar-refractivity contribution >= 4 is 15.9 Å². The van der Waals surface area contributed by atoms with E-state index < -0.39 is 5.82 Å². The predicted molar refractivity (Wildman–Crippen MR) is 64.0 cm³/mol. The van der Waals surface area contributed by atoms with Gasteiger partial charge in [0.05, 0.1) is 11.1 Å². The third kappa shape index (κ3) is 3.43. The van der Waals surface area contributed by atoms with Crippen molar-refractivity contribution in [3.8, 4) is 5.75 Å². The van der Waals surface area contributed by atoms with E-state index in [0.717, 1.165) is 5.56 Å². The van der Waals surface area contributed by atoms with Gasteiger partial charge in [-0.3, -0.25) is 0 Å². The lowest BCUT2D eigenvalue weighted by Gasteiger charge is -2.10. The highest BCUT2D eigenvalue weighted by atomic mass is 79.9. The Hall–Kier alpha value is -0.650. The van der Waals surface area contributed by atoms with Crippen LogP contribution in [0.4, 0.5) is 4.39 Å². The summed E-state index contributed by atoms with van der Waals surface area (Å²) in [6, 6.07) is 3.32. The van der Waals surface area contributed by atoms with Crippen LogP contribution in [0.5, 0.6) is 5.75 Å². The highest BCUT2D eigenvalue weighted by molar-refractivity contribution is 9.10. The third-order valence-electron chi connectivity index (χ3n) is 2.04. The molecule has 0 atom stereocenters. The Morgan fingerprint density at radius 3 is 2.75 bits per heavy atom. The molecule has 0 unspecified atom stereocenters. The van der Waals surface area contributed by atoms with Crippen molar-refractivity contribution in [3.05, 3.63) is 28.0 Å². The van der Waals surface area contributed by atoms with Gasteiger partial charge in [0.2, 0.25) is 0 Å². The van der Waals surface area contributed by atoms with Gasteiger partial charge in [0.15, 0.2) is 11.6 Å². The van der Waals surface area contributed by atoms with Crippen LogP contribution in [0.2, 0.25) is 0 Å². The van der Waals surface area contributed by atoms with Crippen LogP contribution in [0.25, 0.3) is 0 Å². The second kappa shape index (κ2) is 6.83. The van der Waals surface area contributed by atoms with Gasteiger partial charge in [0.25, 0.3) is 0 Å². The molecule has 0 saturated heterocycles. The largest absolute Gasteiger partial charge is 0.488 e. The summed E-state index contributed by atoms with van der Waals surface area (Å²) in [6.45, 7) is 3.59. The number of rotatable bonds is 6. The average molecular weight is 292 g/mol. The topological polar surface area (TPSA) is 44.5 Å². The van der Waals surface area contributed by atoms with E-state index in [4.69, 9.17) is 15.2 Å². The van der Waals surface area contributed by atoms with E-state index in [1.165, 1.54) is 0 Å². The molecule has 16 heavy (non-hydrogen) atoms. The van der Waals surface area contributed by atoms with E-state index in [9.17, 15) is 4.39 Å². The molecular weight excluding hydrogens is 277 g/mol. The van der Waals surface area contributed by atoms with E-state index in [-0.39, 0.29) is 12.3 Å². The monoisotopic (exact) mass is 291 g/mol. The minimum atomic E-state index is -0.417. The predicted octanol–water partition coefficient (Wildman–Crippen LogP) is 2.46. The van der Waals surface area contributed by atoms with Gasteiger partial charge in [-0.15, -0.1) is 0 Å². The maximum absolute atomic E-state index is 13.7. The maximum atomic E-state index is 13.7. The summed E-state index contributed by atoms with van der Waals surface area (Å²) in [5.74, 6) is -0.205. The zero-order chi connectivity index (χ0) is 12.0. The average Bonchev–Trinajstić information content (AvgIpc) is 2.30. The van der Waals surface area contributed by atoms with Gasteiger partial charge in [-0.25, -0.2) is 4.39 Å². The van der Waals surface area contributed by atoms with Crippen LogP contribution >= 0.6 is 15.9 Å². The molecule has 1 aromatic rings. The summed E-state index contributed by atoms with van der Waals surface area (Å²) in [7, 11) is 0. The summed E-state index contributed by atoms with van der Waals surface area (Å²) in [5.41, 5.74) is 6.17. The quantitative estimate of drug-likeness (QED) is 0.819. The van der Waals surface area contributed by atoms with Crippen LogP contribution in [0, 0.1) is 5.82 Å². The first-order valence-corrected chi connectivity index (χ1v) is 5.87. The molecular formula is C11H15BrFNO2. The molecule has 0 bridgehead atoms. The maximum Gasteiger partial charge on any atom is 0.179 e. The molecule has 0 aliphatic carbocycles. The molecule has 0 aromatic heterocycles. The van der Waals surface area contributed by atoms with Gasteiger partial charge in [0, 0.05) is 13.2 Å². The first-order chi connectivity index (χ1) is 7.70. The molecule has 2 N–H and O–H groups in total. The van der Waals surface area contributed by atoms with Gasteiger partial charge < -0.3 is 15.2 Å². The van der Waals surface area contributed by atoms with Crippen LogP contribution in [-0.4, -0.2) is 19.8 Å². The number of halogens is 2. The Morgan fingerprint density at radius 2 is 2.12 bits per heavy atom. The first kappa shape index (κ1) is 13.4. The highest BCUT2D eigenvalue weighted by Gasteiger charge is 2.11. The molecule has 1 rings (SSSR count). The Kier molecular flexibility index (Phi) is 5.73. The number of hydrogen-bond donors (Lipinski definition) is 1. The Morgan fingerprint density at radius 1 is 1.38 bits per heavy atom. The van der Waals surface area contributed by atoms with Crippen LogP contribution in [0.1, 0.15) is 12.5 Å². The third-order valence-corrected chi connectivity index (χ3v) is 2.89. The van der Waals surface area contributed by atoms with Crippen LogP contribution < -0.4 is 10.5 Å². The number of nitrogens with two attached hydrogens (primary N) is 1. The van der Waals surface area contributed by atoms with Gasteiger partial charge in [-0.2, -0.15) is 0 Å². The molecule has 0 heterocycles. The molecule has 0 saturated carbocycles. The fraction of sp³-hybridized carbons (Fsp3) is 0.455.